The van der Waals surface area contributed by atoms with Crippen molar-refractivity contribution >= 4 is 9.84 Å². The van der Waals surface area contributed by atoms with Gasteiger partial charge in [-0.05, 0) is 22.8 Å². The number of rotatable bonds is 3. The van der Waals surface area contributed by atoms with E-state index in [0.29, 0.717) is 4.90 Å². The zero-order valence-corrected chi connectivity index (χ0v) is 10.6. The Labute approximate surface area is 107 Å². The largest absolute Gasteiger partial charge is 0.223 e. The third-order valence-corrected chi connectivity index (χ3v) is 4.87. The zero-order chi connectivity index (χ0) is 12.8. The van der Waals surface area contributed by atoms with E-state index >= 15 is 0 Å². The molecule has 0 spiro atoms. The molecule has 2 aromatic rings. The van der Waals surface area contributed by atoms with Gasteiger partial charge in [0.1, 0.15) is 0 Å². The second-order valence-corrected chi connectivity index (χ2v) is 6.30. The topological polar surface area (TPSA) is 34.1 Å². The van der Waals surface area contributed by atoms with Crippen LogP contribution >= 0.6 is 0 Å². The normalized spacial score (nSPS) is 12.2. The van der Waals surface area contributed by atoms with Gasteiger partial charge in [0.05, 0.1) is 10.6 Å². The standard InChI is InChI=1S/C15H12O2S/c1-2-10-18(16,17)14-9-5-8-13-11-6-3-4-7-12(11)15(13)14/h2-9H,1,10H2. The second-order valence-electron chi connectivity index (χ2n) is 4.29. The average molecular weight is 256 g/mol. The molecule has 2 nitrogen and oxygen atoms in total. The van der Waals surface area contributed by atoms with E-state index in [9.17, 15) is 8.42 Å². The molecule has 0 unspecified atom stereocenters. The van der Waals surface area contributed by atoms with Crippen LogP contribution in [0, 0.1) is 0 Å². The van der Waals surface area contributed by atoms with E-state index in [2.05, 4.69) is 6.58 Å². The Balaban J connectivity index is 2.23. The molecule has 3 rings (SSSR count). The second kappa shape index (κ2) is 3.82. The monoisotopic (exact) mass is 256 g/mol. The fraction of sp³-hybridized carbons (Fsp3) is 0.0667. The van der Waals surface area contributed by atoms with Crippen LogP contribution in [-0.2, 0) is 9.84 Å². The van der Waals surface area contributed by atoms with Crippen LogP contribution in [0.2, 0.25) is 0 Å². The lowest BCUT2D eigenvalue weighted by atomic mass is 9.81. The first-order chi connectivity index (χ1) is 8.65. The minimum Gasteiger partial charge on any atom is -0.223 e. The van der Waals surface area contributed by atoms with Crippen LogP contribution < -0.4 is 0 Å². The van der Waals surface area contributed by atoms with Crippen molar-refractivity contribution in [2.24, 2.45) is 0 Å². The highest BCUT2D eigenvalue weighted by Crippen LogP contribution is 2.49. The first-order valence-electron chi connectivity index (χ1n) is 5.71. The van der Waals surface area contributed by atoms with Crippen molar-refractivity contribution in [3.63, 3.8) is 0 Å². The van der Waals surface area contributed by atoms with E-state index in [-0.39, 0.29) is 5.75 Å². The molecule has 2 aromatic carbocycles. The van der Waals surface area contributed by atoms with Gasteiger partial charge in [-0.2, -0.15) is 0 Å². The predicted octanol–water partition coefficient (Wildman–Crippen LogP) is 3.29. The molecule has 0 fully saturated rings. The van der Waals surface area contributed by atoms with Crippen LogP contribution in [0.3, 0.4) is 0 Å². The van der Waals surface area contributed by atoms with E-state index in [1.54, 1.807) is 12.1 Å². The van der Waals surface area contributed by atoms with Gasteiger partial charge >= 0.3 is 0 Å². The number of benzene rings is 2. The summed E-state index contributed by atoms with van der Waals surface area (Å²) in [6, 6.07) is 13.3. The Hall–Kier alpha value is -1.87. The average Bonchev–Trinajstić information content (AvgIpc) is 2.35. The van der Waals surface area contributed by atoms with E-state index in [1.165, 1.54) is 6.08 Å². The van der Waals surface area contributed by atoms with Crippen molar-refractivity contribution in [3.8, 4) is 22.3 Å². The molecule has 0 N–H and O–H groups in total. The molecule has 3 heteroatoms. The quantitative estimate of drug-likeness (QED) is 0.674. The smallest absolute Gasteiger partial charge is 0.182 e. The number of hydrogen-bond acceptors (Lipinski definition) is 2. The lowest BCUT2D eigenvalue weighted by molar-refractivity contribution is 0.599. The summed E-state index contributed by atoms with van der Waals surface area (Å²) in [4.78, 5) is 0.415. The summed E-state index contributed by atoms with van der Waals surface area (Å²) in [5.41, 5.74) is 4.03. The summed E-state index contributed by atoms with van der Waals surface area (Å²) in [6.45, 7) is 3.51. The van der Waals surface area contributed by atoms with E-state index in [4.69, 9.17) is 0 Å². The van der Waals surface area contributed by atoms with Crippen LogP contribution in [0.1, 0.15) is 0 Å². The third kappa shape index (κ3) is 1.44. The van der Waals surface area contributed by atoms with Gasteiger partial charge in [-0.15, -0.1) is 6.58 Å². The van der Waals surface area contributed by atoms with Crippen LogP contribution in [0.25, 0.3) is 22.3 Å². The highest BCUT2D eigenvalue weighted by atomic mass is 32.2. The van der Waals surface area contributed by atoms with Crippen molar-refractivity contribution in [1.29, 1.82) is 0 Å². The van der Waals surface area contributed by atoms with Crippen LogP contribution in [0.15, 0.2) is 60.0 Å². The van der Waals surface area contributed by atoms with E-state index in [1.807, 2.05) is 30.3 Å². The number of fused-ring (bicyclic) bond motifs is 4. The molecule has 0 aromatic heterocycles. The van der Waals surface area contributed by atoms with E-state index in [0.717, 1.165) is 22.3 Å². The number of sulfone groups is 1. The maximum Gasteiger partial charge on any atom is 0.182 e. The maximum absolute atomic E-state index is 12.2. The van der Waals surface area contributed by atoms with Gasteiger partial charge < -0.3 is 0 Å². The summed E-state index contributed by atoms with van der Waals surface area (Å²) >= 11 is 0. The summed E-state index contributed by atoms with van der Waals surface area (Å²) in [5.74, 6) is -0.0222. The summed E-state index contributed by atoms with van der Waals surface area (Å²) in [6.07, 6.45) is 1.43. The first kappa shape index (κ1) is 11.2. The van der Waals surface area contributed by atoms with E-state index < -0.39 is 9.84 Å². The molecule has 90 valence electrons. The zero-order valence-electron chi connectivity index (χ0n) is 9.76. The minimum absolute atomic E-state index is 0.0222. The van der Waals surface area contributed by atoms with Crippen LogP contribution in [0.4, 0.5) is 0 Å². The fourth-order valence-electron chi connectivity index (χ4n) is 2.41. The molecule has 1 aliphatic carbocycles. The molecule has 0 amide bonds. The maximum atomic E-state index is 12.2. The first-order valence-corrected chi connectivity index (χ1v) is 7.37. The van der Waals surface area contributed by atoms with Crippen LogP contribution in [-0.4, -0.2) is 14.2 Å². The van der Waals surface area contributed by atoms with Crippen molar-refractivity contribution in [2.75, 3.05) is 5.75 Å². The van der Waals surface area contributed by atoms with Gasteiger partial charge in [-0.25, -0.2) is 8.42 Å². The summed E-state index contributed by atoms with van der Waals surface area (Å²) in [5, 5.41) is 0. The van der Waals surface area contributed by atoms with Gasteiger partial charge in [0.25, 0.3) is 0 Å². The van der Waals surface area contributed by atoms with Gasteiger partial charge in [-0.1, -0.05) is 42.5 Å². The molecule has 0 bridgehead atoms. The van der Waals surface area contributed by atoms with Gasteiger partial charge in [-0.3, -0.25) is 0 Å². The summed E-state index contributed by atoms with van der Waals surface area (Å²) < 4.78 is 24.4. The lowest BCUT2D eigenvalue weighted by Gasteiger charge is -2.26. The van der Waals surface area contributed by atoms with Crippen molar-refractivity contribution in [1.82, 2.24) is 0 Å². The Kier molecular flexibility index (Phi) is 2.38. The lowest BCUT2D eigenvalue weighted by Crippen LogP contribution is -2.10. The van der Waals surface area contributed by atoms with Crippen LogP contribution in [0.5, 0.6) is 0 Å². The molecular weight excluding hydrogens is 244 g/mol. The van der Waals surface area contributed by atoms with Crippen molar-refractivity contribution in [3.05, 3.63) is 55.1 Å². The third-order valence-electron chi connectivity index (χ3n) is 3.19. The molecule has 0 saturated heterocycles. The highest BCUT2D eigenvalue weighted by molar-refractivity contribution is 7.91. The van der Waals surface area contributed by atoms with Gasteiger partial charge in [0, 0.05) is 5.56 Å². The van der Waals surface area contributed by atoms with Crippen molar-refractivity contribution < 1.29 is 8.42 Å². The molecule has 0 radical (unpaired) electrons. The molecular formula is C15H12O2S. The summed E-state index contributed by atoms with van der Waals surface area (Å²) in [7, 11) is -3.27. The predicted molar refractivity (Wildman–Crippen MR) is 73.1 cm³/mol. The fourth-order valence-corrected chi connectivity index (χ4v) is 3.72. The Morgan fingerprint density at radius 1 is 0.944 bits per heavy atom. The highest BCUT2D eigenvalue weighted by Gasteiger charge is 2.29. The number of hydrogen-bond donors (Lipinski definition) is 0. The molecule has 0 saturated carbocycles. The minimum atomic E-state index is -3.27. The SMILES string of the molecule is C=CCS(=O)(=O)c1cccc2c1-c1ccccc1-2. The molecule has 0 aliphatic heterocycles. The Morgan fingerprint density at radius 3 is 2.33 bits per heavy atom. The van der Waals surface area contributed by atoms with Gasteiger partial charge in [0.15, 0.2) is 9.84 Å². The molecule has 0 atom stereocenters. The molecule has 1 aliphatic rings. The Morgan fingerprint density at radius 2 is 1.61 bits per heavy atom. The van der Waals surface area contributed by atoms with Crippen molar-refractivity contribution in [2.45, 2.75) is 4.90 Å². The Bertz CT molecular complexity index is 743. The van der Waals surface area contributed by atoms with Gasteiger partial charge in [0.2, 0.25) is 0 Å². The molecule has 0 heterocycles. The molecule has 18 heavy (non-hydrogen) atoms.